The van der Waals surface area contributed by atoms with E-state index in [2.05, 4.69) is 5.32 Å². The lowest BCUT2D eigenvalue weighted by Gasteiger charge is -2.20. The number of carboxylic acid groups (broad SMARTS) is 1. The Bertz CT molecular complexity index is 368. The highest BCUT2D eigenvalue weighted by Gasteiger charge is 2.18. The molecule has 0 aromatic heterocycles. The Kier molecular flexibility index (Phi) is 4.88. The number of nitrogens with one attached hydrogen (secondary N) is 2. The molecule has 0 saturated heterocycles. The van der Waals surface area contributed by atoms with Crippen molar-refractivity contribution in [2.45, 2.75) is 26.3 Å². The number of sulfonamides is 1. The molecule has 0 aliphatic rings. The van der Waals surface area contributed by atoms with Crippen LogP contribution in [0, 0.1) is 0 Å². The predicted octanol–water partition coefficient (Wildman–Crippen LogP) is -1.09. The molecule has 0 rings (SSSR count). The average molecular weight is 252 g/mol. The molecule has 16 heavy (non-hydrogen) atoms. The Morgan fingerprint density at radius 3 is 2.12 bits per heavy atom. The normalized spacial score (nSPS) is 12.2. The van der Waals surface area contributed by atoms with Crippen molar-refractivity contribution in [3.8, 4) is 0 Å². The first-order chi connectivity index (χ1) is 7.02. The molecule has 0 atom stereocenters. The maximum atomic E-state index is 11.2. The maximum Gasteiger partial charge on any atom is 0.320 e. The summed E-state index contributed by atoms with van der Waals surface area (Å²) in [5.41, 5.74) is -0.463. The molecule has 0 spiro atoms. The van der Waals surface area contributed by atoms with Crippen LogP contribution < -0.4 is 10.0 Å². The topological polar surface area (TPSA) is 113 Å². The van der Waals surface area contributed by atoms with Crippen LogP contribution in [0.3, 0.4) is 0 Å². The molecule has 3 N–H and O–H groups in total. The minimum atomic E-state index is -3.94. The zero-order valence-corrected chi connectivity index (χ0v) is 10.2. The lowest BCUT2D eigenvalue weighted by Crippen LogP contribution is -2.46. The Morgan fingerprint density at radius 1 is 1.25 bits per heavy atom. The summed E-state index contributed by atoms with van der Waals surface area (Å²) >= 11 is 0. The second kappa shape index (κ2) is 5.26. The smallest absolute Gasteiger partial charge is 0.320 e. The summed E-state index contributed by atoms with van der Waals surface area (Å²) in [4.78, 5) is 21.4. The summed E-state index contributed by atoms with van der Waals surface area (Å²) in [7, 11) is -3.94. The van der Waals surface area contributed by atoms with Crippen molar-refractivity contribution >= 4 is 21.9 Å². The van der Waals surface area contributed by atoms with Gasteiger partial charge in [-0.1, -0.05) is 0 Å². The molecule has 0 aromatic carbocycles. The van der Waals surface area contributed by atoms with Gasteiger partial charge in [0.25, 0.3) is 0 Å². The third-order valence-corrected chi connectivity index (χ3v) is 2.49. The highest BCUT2D eigenvalue weighted by atomic mass is 32.2. The fourth-order valence-electron chi connectivity index (χ4n) is 0.852. The second-order valence-electron chi connectivity index (χ2n) is 4.27. The summed E-state index contributed by atoms with van der Waals surface area (Å²) in [6.07, 6.45) is 0. The molecule has 0 aromatic rings. The van der Waals surface area contributed by atoms with Crippen LogP contribution in [0.4, 0.5) is 0 Å². The third-order valence-electron chi connectivity index (χ3n) is 1.28. The summed E-state index contributed by atoms with van der Waals surface area (Å²) in [5, 5.41) is 10.8. The Balaban J connectivity index is 4.16. The molecule has 7 nitrogen and oxygen atoms in total. The average Bonchev–Trinajstić information content (AvgIpc) is 1.95. The van der Waals surface area contributed by atoms with Gasteiger partial charge in [0.2, 0.25) is 15.9 Å². The largest absolute Gasteiger partial charge is 0.480 e. The van der Waals surface area contributed by atoms with Crippen LogP contribution >= 0.6 is 0 Å². The minimum absolute atomic E-state index is 0.463. The minimum Gasteiger partial charge on any atom is -0.480 e. The van der Waals surface area contributed by atoms with Crippen molar-refractivity contribution in [1.29, 1.82) is 0 Å². The quantitative estimate of drug-likeness (QED) is 0.575. The van der Waals surface area contributed by atoms with E-state index in [1.807, 2.05) is 4.72 Å². The van der Waals surface area contributed by atoms with E-state index in [0.717, 1.165) is 0 Å². The van der Waals surface area contributed by atoms with Gasteiger partial charge in [0, 0.05) is 5.54 Å². The van der Waals surface area contributed by atoms with Gasteiger partial charge in [-0.25, -0.2) is 13.1 Å². The van der Waals surface area contributed by atoms with Crippen molar-refractivity contribution in [2.24, 2.45) is 0 Å². The number of rotatable bonds is 5. The van der Waals surface area contributed by atoms with Crippen LogP contribution in [0.25, 0.3) is 0 Å². The van der Waals surface area contributed by atoms with Gasteiger partial charge in [-0.3, -0.25) is 9.59 Å². The van der Waals surface area contributed by atoms with Crippen LogP contribution in [-0.4, -0.2) is 43.2 Å². The number of carbonyl (C=O) groups excluding carboxylic acids is 1. The number of carboxylic acids is 1. The van der Waals surface area contributed by atoms with Gasteiger partial charge in [0.1, 0.15) is 0 Å². The molecule has 0 bridgehead atoms. The number of carbonyl (C=O) groups is 2. The first-order valence-corrected chi connectivity index (χ1v) is 6.17. The molecule has 1 amide bonds. The SMILES string of the molecule is CC(C)(C)NC(=O)CNS(=O)(=O)CC(=O)O. The molecular weight excluding hydrogens is 236 g/mol. The fourth-order valence-corrected chi connectivity index (χ4v) is 1.63. The fraction of sp³-hybridized carbons (Fsp3) is 0.750. The van der Waals surface area contributed by atoms with Gasteiger partial charge >= 0.3 is 5.97 Å². The number of hydrogen-bond donors (Lipinski definition) is 3. The Morgan fingerprint density at radius 2 is 1.75 bits per heavy atom. The summed E-state index contributed by atoms with van der Waals surface area (Å²) in [5.74, 6) is -3.03. The highest BCUT2D eigenvalue weighted by Crippen LogP contribution is 1.97. The summed E-state index contributed by atoms with van der Waals surface area (Å²) in [6, 6.07) is 0. The highest BCUT2D eigenvalue weighted by molar-refractivity contribution is 7.90. The standard InChI is InChI=1S/C8H16N2O5S/c1-8(2,3)10-6(11)4-9-16(14,15)5-7(12)13/h9H,4-5H2,1-3H3,(H,10,11)(H,12,13). The number of hydrogen-bond acceptors (Lipinski definition) is 4. The molecule has 0 unspecified atom stereocenters. The Hall–Kier alpha value is -1.15. The summed E-state index contributed by atoms with van der Waals surface area (Å²) < 4.78 is 24.0. The third kappa shape index (κ3) is 8.18. The van der Waals surface area contributed by atoms with Crippen LogP contribution in [0.15, 0.2) is 0 Å². The van der Waals surface area contributed by atoms with E-state index >= 15 is 0 Å². The van der Waals surface area contributed by atoms with Gasteiger partial charge in [0.05, 0.1) is 6.54 Å². The van der Waals surface area contributed by atoms with E-state index in [0.29, 0.717) is 0 Å². The lowest BCUT2D eigenvalue weighted by molar-refractivity contribution is -0.134. The van der Waals surface area contributed by atoms with Crippen LogP contribution in [0.5, 0.6) is 0 Å². The molecule has 94 valence electrons. The van der Waals surface area contributed by atoms with E-state index in [1.54, 1.807) is 20.8 Å². The van der Waals surface area contributed by atoms with E-state index in [1.165, 1.54) is 0 Å². The van der Waals surface area contributed by atoms with Crippen LogP contribution in [0.1, 0.15) is 20.8 Å². The first-order valence-electron chi connectivity index (χ1n) is 4.52. The van der Waals surface area contributed by atoms with Crippen molar-refractivity contribution in [3.05, 3.63) is 0 Å². The molecular formula is C8H16N2O5S. The first kappa shape index (κ1) is 14.8. The zero-order valence-electron chi connectivity index (χ0n) is 9.40. The second-order valence-corrected chi connectivity index (χ2v) is 6.08. The van der Waals surface area contributed by atoms with E-state index in [9.17, 15) is 18.0 Å². The lowest BCUT2D eigenvalue weighted by atomic mass is 10.1. The number of amides is 1. The van der Waals surface area contributed by atoms with Gasteiger partial charge in [-0.05, 0) is 20.8 Å². The van der Waals surface area contributed by atoms with Crippen molar-refractivity contribution in [2.75, 3.05) is 12.3 Å². The monoisotopic (exact) mass is 252 g/mol. The molecule has 0 fully saturated rings. The zero-order chi connectivity index (χ0) is 13.0. The van der Waals surface area contributed by atoms with Crippen molar-refractivity contribution in [1.82, 2.24) is 10.0 Å². The molecule has 8 heteroatoms. The molecule has 0 heterocycles. The van der Waals surface area contributed by atoms with E-state index in [-0.39, 0.29) is 0 Å². The van der Waals surface area contributed by atoms with Crippen molar-refractivity contribution < 1.29 is 23.1 Å². The van der Waals surface area contributed by atoms with E-state index in [4.69, 9.17) is 5.11 Å². The Labute approximate surface area is 94.3 Å². The summed E-state index contributed by atoms with van der Waals surface area (Å²) in [6.45, 7) is 4.77. The van der Waals surface area contributed by atoms with Crippen LogP contribution in [-0.2, 0) is 19.6 Å². The van der Waals surface area contributed by atoms with Crippen molar-refractivity contribution in [3.63, 3.8) is 0 Å². The molecule has 0 aliphatic heterocycles. The molecule has 0 aliphatic carbocycles. The van der Waals surface area contributed by atoms with Gasteiger partial charge in [-0.15, -0.1) is 0 Å². The van der Waals surface area contributed by atoms with Gasteiger partial charge in [-0.2, -0.15) is 0 Å². The molecule has 0 saturated carbocycles. The van der Waals surface area contributed by atoms with Gasteiger partial charge in [0.15, 0.2) is 5.75 Å². The van der Waals surface area contributed by atoms with Crippen LogP contribution in [0.2, 0.25) is 0 Å². The number of aliphatic carboxylic acids is 1. The maximum absolute atomic E-state index is 11.2. The van der Waals surface area contributed by atoms with Gasteiger partial charge < -0.3 is 10.4 Å². The predicted molar refractivity (Wildman–Crippen MR) is 57.3 cm³/mol. The van der Waals surface area contributed by atoms with E-state index < -0.39 is 39.7 Å². The molecule has 0 radical (unpaired) electrons.